The Morgan fingerprint density at radius 1 is 0.862 bits per heavy atom. The summed E-state index contributed by atoms with van der Waals surface area (Å²) in [5, 5.41) is 0. The Morgan fingerprint density at radius 3 is 1.83 bits per heavy atom. The van der Waals surface area contributed by atoms with Gasteiger partial charge in [0.15, 0.2) is 0 Å². The summed E-state index contributed by atoms with van der Waals surface area (Å²) >= 11 is 0. The van der Waals surface area contributed by atoms with E-state index in [-0.39, 0.29) is 0 Å². The lowest BCUT2D eigenvalue weighted by Gasteiger charge is -2.07. The molecular weight excluding hydrogens is 368 g/mol. The van der Waals surface area contributed by atoms with E-state index in [1.54, 1.807) is 14.2 Å². The van der Waals surface area contributed by atoms with Crippen molar-refractivity contribution in [1.82, 2.24) is 9.13 Å². The highest BCUT2D eigenvalue weighted by Crippen LogP contribution is 2.26. The highest BCUT2D eigenvalue weighted by molar-refractivity contribution is 5.93. The molecule has 0 atom stereocenters. The predicted molar refractivity (Wildman–Crippen MR) is 111 cm³/mol. The second-order valence-electron chi connectivity index (χ2n) is 6.90. The summed E-state index contributed by atoms with van der Waals surface area (Å²) in [5.74, 6) is 2.80. The number of ether oxygens (including phenoxy) is 2. The number of aliphatic imine (C=N–C) groups is 2. The molecule has 8 heteroatoms. The fraction of sp³-hybridized carbons (Fsp3) is 0.333. The van der Waals surface area contributed by atoms with E-state index in [1.165, 1.54) is 0 Å². The molecule has 0 amide bonds. The number of benzene rings is 1. The molecule has 0 bridgehead atoms. The highest BCUT2D eigenvalue weighted by Gasteiger charge is 2.22. The Kier molecular flexibility index (Phi) is 5.81. The summed E-state index contributed by atoms with van der Waals surface area (Å²) in [4.78, 5) is 9.47. The van der Waals surface area contributed by atoms with Gasteiger partial charge in [0.2, 0.25) is 0 Å². The smallest absolute Gasteiger partial charge is 0.344 e. The molecule has 0 saturated carbocycles. The van der Waals surface area contributed by atoms with Gasteiger partial charge < -0.3 is 9.47 Å². The fourth-order valence-corrected chi connectivity index (χ4v) is 3.17. The van der Waals surface area contributed by atoms with E-state index in [2.05, 4.69) is 0 Å². The molecule has 3 rings (SSSR count). The maximum atomic E-state index is 5.59. The summed E-state index contributed by atoms with van der Waals surface area (Å²) in [6.07, 6.45) is 7.84. The van der Waals surface area contributed by atoms with Gasteiger partial charge in [0.25, 0.3) is 0 Å². The van der Waals surface area contributed by atoms with E-state index in [4.69, 9.17) is 19.5 Å². The lowest BCUT2D eigenvalue weighted by atomic mass is 10.2. The zero-order chi connectivity index (χ0) is 21.1. The average Bonchev–Trinajstić information content (AvgIpc) is 3.21. The molecule has 2 heterocycles. The van der Waals surface area contributed by atoms with Gasteiger partial charge in [0, 0.05) is 0 Å². The van der Waals surface area contributed by atoms with Gasteiger partial charge in [-0.3, -0.25) is 0 Å². The maximum absolute atomic E-state index is 5.59. The fourth-order valence-electron chi connectivity index (χ4n) is 3.17. The zero-order valence-corrected chi connectivity index (χ0v) is 18.0. The van der Waals surface area contributed by atoms with Crippen LogP contribution in [0.1, 0.15) is 17.2 Å². The summed E-state index contributed by atoms with van der Waals surface area (Å²) in [5.41, 5.74) is 2.56. The van der Waals surface area contributed by atoms with Crippen molar-refractivity contribution in [2.45, 2.75) is 6.92 Å². The van der Waals surface area contributed by atoms with Crippen LogP contribution in [0.15, 0.2) is 53.0 Å². The number of nitrogens with zero attached hydrogens (tertiary/aromatic N) is 6. The van der Waals surface area contributed by atoms with Gasteiger partial charge in [0.05, 0.1) is 53.8 Å². The van der Waals surface area contributed by atoms with Crippen LogP contribution < -0.4 is 9.13 Å². The first-order chi connectivity index (χ1) is 13.8. The van der Waals surface area contributed by atoms with E-state index in [0.29, 0.717) is 11.8 Å². The molecule has 0 unspecified atom stereocenters. The summed E-state index contributed by atoms with van der Waals surface area (Å²) in [6.45, 7) is 2.01. The van der Waals surface area contributed by atoms with Crippen LogP contribution in [0.4, 0.5) is 11.4 Å². The molecule has 2 aromatic heterocycles. The molecule has 0 N–H and O–H groups in total. The molecular formula is C21H28N6O2+2. The predicted octanol–water partition coefficient (Wildman–Crippen LogP) is 1.77. The third-order valence-electron chi connectivity index (χ3n) is 4.78. The molecule has 0 fully saturated rings. The first-order valence-electron chi connectivity index (χ1n) is 9.24. The largest absolute Gasteiger partial charge is 0.475 e. The monoisotopic (exact) mass is 396 g/mol. The normalized spacial score (nSPS) is 12.4. The van der Waals surface area contributed by atoms with Crippen molar-refractivity contribution in [3.05, 3.63) is 60.2 Å². The summed E-state index contributed by atoms with van der Waals surface area (Å²) < 4.78 is 19.0. The van der Waals surface area contributed by atoms with Crippen molar-refractivity contribution in [3.8, 4) is 0 Å². The Bertz CT molecular complexity index is 1050. The SMILES string of the molecule is CO/C(=N\c1cc(/N=C(/OC)c2n(C)cc[n+]2C)ccc1C)c1n(C)cc[n+]1C. The Labute approximate surface area is 171 Å². The summed E-state index contributed by atoms with van der Waals surface area (Å²) in [7, 11) is 11.1. The van der Waals surface area contributed by atoms with E-state index < -0.39 is 0 Å². The van der Waals surface area contributed by atoms with Crippen molar-refractivity contribution in [3.63, 3.8) is 0 Å². The molecule has 0 aliphatic carbocycles. The van der Waals surface area contributed by atoms with Crippen molar-refractivity contribution < 1.29 is 18.6 Å². The summed E-state index contributed by atoms with van der Waals surface area (Å²) in [6, 6.07) is 5.87. The Balaban J connectivity index is 2.06. The van der Waals surface area contributed by atoms with Gasteiger partial charge in [0.1, 0.15) is 24.8 Å². The van der Waals surface area contributed by atoms with Gasteiger partial charge in [-0.1, -0.05) is 6.07 Å². The Hall–Kier alpha value is -3.42. The first-order valence-corrected chi connectivity index (χ1v) is 9.24. The van der Waals surface area contributed by atoms with Crippen molar-refractivity contribution in [2.24, 2.45) is 38.2 Å². The van der Waals surface area contributed by atoms with Crippen molar-refractivity contribution in [2.75, 3.05) is 14.2 Å². The van der Waals surface area contributed by atoms with Crippen LogP contribution in [0.3, 0.4) is 0 Å². The van der Waals surface area contributed by atoms with Gasteiger partial charge in [-0.2, -0.15) is 0 Å². The van der Waals surface area contributed by atoms with Gasteiger partial charge in [-0.15, -0.1) is 0 Å². The molecule has 0 saturated heterocycles. The van der Waals surface area contributed by atoms with E-state index in [1.807, 2.05) is 96.4 Å². The van der Waals surface area contributed by atoms with Crippen LogP contribution in [0.2, 0.25) is 0 Å². The molecule has 1 aromatic carbocycles. The minimum Gasteiger partial charge on any atom is -0.475 e. The number of aryl methyl sites for hydroxylation is 5. The first kappa shape index (κ1) is 20.3. The van der Waals surface area contributed by atoms with Gasteiger partial charge in [-0.05, 0) is 24.6 Å². The second kappa shape index (κ2) is 8.30. The molecule has 0 radical (unpaired) electrons. The quantitative estimate of drug-likeness (QED) is 0.383. The molecule has 8 nitrogen and oxygen atoms in total. The molecule has 0 aliphatic rings. The number of hydrogen-bond acceptors (Lipinski definition) is 4. The minimum atomic E-state index is 0.527. The average molecular weight is 396 g/mol. The van der Waals surface area contributed by atoms with Crippen LogP contribution in [-0.4, -0.2) is 35.1 Å². The van der Waals surface area contributed by atoms with Crippen molar-refractivity contribution in [1.29, 1.82) is 0 Å². The number of rotatable bonds is 4. The zero-order valence-electron chi connectivity index (χ0n) is 18.0. The number of methoxy groups -OCH3 is 2. The third kappa shape index (κ3) is 4.06. The van der Waals surface area contributed by atoms with Gasteiger partial charge >= 0.3 is 23.4 Å². The van der Waals surface area contributed by atoms with E-state index in [9.17, 15) is 0 Å². The van der Waals surface area contributed by atoms with Gasteiger partial charge in [-0.25, -0.2) is 28.3 Å². The van der Waals surface area contributed by atoms with Crippen molar-refractivity contribution >= 4 is 23.2 Å². The molecule has 3 aromatic rings. The molecule has 152 valence electrons. The van der Waals surface area contributed by atoms with Crippen LogP contribution in [0.5, 0.6) is 0 Å². The minimum absolute atomic E-state index is 0.527. The molecule has 0 spiro atoms. The van der Waals surface area contributed by atoms with Crippen LogP contribution in [-0.2, 0) is 37.7 Å². The lowest BCUT2D eigenvalue weighted by molar-refractivity contribution is -0.672. The maximum Gasteiger partial charge on any atom is 0.344 e. The Morgan fingerprint density at radius 2 is 1.38 bits per heavy atom. The van der Waals surface area contributed by atoms with E-state index in [0.717, 1.165) is 28.6 Å². The van der Waals surface area contributed by atoms with Crippen LogP contribution in [0, 0.1) is 6.92 Å². The highest BCUT2D eigenvalue weighted by atomic mass is 16.5. The lowest BCUT2D eigenvalue weighted by Crippen LogP contribution is -2.35. The van der Waals surface area contributed by atoms with Crippen LogP contribution >= 0.6 is 0 Å². The van der Waals surface area contributed by atoms with E-state index >= 15 is 0 Å². The topological polar surface area (TPSA) is 60.8 Å². The second-order valence-corrected chi connectivity index (χ2v) is 6.90. The number of imidazole rings is 2. The number of hydrogen-bond donors (Lipinski definition) is 0. The molecule has 0 aliphatic heterocycles. The molecule has 29 heavy (non-hydrogen) atoms. The standard InChI is InChI=1S/C21H28N6O2/c1-15-8-9-16(22-18(28-6)20-24(2)10-11-25(20)3)14-17(15)23-19(29-7)21-26(4)12-13-27(21)5/h8-14H,1-7H3/q+2/b22-18+,23-19-. The third-order valence-corrected chi connectivity index (χ3v) is 4.78. The number of aromatic nitrogens is 4. The van der Waals surface area contributed by atoms with Crippen LogP contribution in [0.25, 0.3) is 0 Å².